The van der Waals surface area contributed by atoms with Gasteiger partial charge in [-0.2, -0.15) is 5.10 Å². The van der Waals surface area contributed by atoms with E-state index < -0.39 is 11.5 Å². The summed E-state index contributed by atoms with van der Waals surface area (Å²) in [5.74, 6) is -0.936. The predicted molar refractivity (Wildman–Crippen MR) is 76.8 cm³/mol. The van der Waals surface area contributed by atoms with Gasteiger partial charge in [0.05, 0.1) is 0 Å². The largest absolute Gasteiger partial charge is 0.480 e. The molecule has 7 heteroatoms. The molecule has 0 radical (unpaired) electrons. The Balaban J connectivity index is 1.82. The fourth-order valence-electron chi connectivity index (χ4n) is 2.63. The van der Waals surface area contributed by atoms with Crippen LogP contribution in [0.15, 0.2) is 18.5 Å². The van der Waals surface area contributed by atoms with Gasteiger partial charge in [0.2, 0.25) is 0 Å². The highest BCUT2D eigenvalue weighted by molar-refractivity contribution is 5.86. The average molecular weight is 294 g/mol. The van der Waals surface area contributed by atoms with Crippen molar-refractivity contribution in [2.45, 2.75) is 44.7 Å². The van der Waals surface area contributed by atoms with Gasteiger partial charge in [-0.25, -0.2) is 9.59 Å². The lowest BCUT2D eigenvalue weighted by Crippen LogP contribution is -2.60. The molecule has 2 heterocycles. The van der Waals surface area contributed by atoms with Crippen molar-refractivity contribution < 1.29 is 14.7 Å². The van der Waals surface area contributed by atoms with Crippen molar-refractivity contribution in [3.63, 3.8) is 0 Å². The first-order valence-electron chi connectivity index (χ1n) is 7.30. The molecule has 0 spiro atoms. The maximum atomic E-state index is 12.2. The zero-order chi connectivity index (χ0) is 15.3. The van der Waals surface area contributed by atoms with Gasteiger partial charge in [0.15, 0.2) is 0 Å². The first-order valence-corrected chi connectivity index (χ1v) is 7.30. The number of nitrogens with one attached hydrogen (secondary N) is 1. The summed E-state index contributed by atoms with van der Waals surface area (Å²) in [6.45, 7) is 3.35. The third-order valence-corrected chi connectivity index (χ3v) is 4.00. The normalized spacial score (nSPS) is 22.0. The van der Waals surface area contributed by atoms with Crippen molar-refractivity contribution >= 4 is 12.0 Å². The monoisotopic (exact) mass is 294 g/mol. The second kappa shape index (κ2) is 6.60. The average Bonchev–Trinajstić information content (AvgIpc) is 2.97. The van der Waals surface area contributed by atoms with Crippen LogP contribution < -0.4 is 5.32 Å². The van der Waals surface area contributed by atoms with Crippen LogP contribution in [0.3, 0.4) is 0 Å². The van der Waals surface area contributed by atoms with Crippen molar-refractivity contribution in [2.75, 3.05) is 13.1 Å². The molecule has 1 aromatic heterocycles. The molecular formula is C14H22N4O3. The molecule has 2 rings (SSSR count). The van der Waals surface area contributed by atoms with Gasteiger partial charge in [0, 0.05) is 32.0 Å². The van der Waals surface area contributed by atoms with Crippen molar-refractivity contribution in [3.8, 4) is 0 Å². The van der Waals surface area contributed by atoms with E-state index in [1.54, 1.807) is 17.8 Å². The number of carbonyl (C=O) groups is 2. The van der Waals surface area contributed by atoms with E-state index in [9.17, 15) is 14.7 Å². The second-order valence-corrected chi connectivity index (χ2v) is 5.54. The number of carboxylic acid groups (broad SMARTS) is 1. The van der Waals surface area contributed by atoms with E-state index in [4.69, 9.17) is 0 Å². The van der Waals surface area contributed by atoms with Crippen LogP contribution >= 0.6 is 0 Å². The molecule has 0 aliphatic carbocycles. The summed E-state index contributed by atoms with van der Waals surface area (Å²) in [6, 6.07) is 1.56. The molecule has 1 aromatic rings. The Morgan fingerprint density at radius 3 is 2.90 bits per heavy atom. The molecule has 1 aliphatic heterocycles. The van der Waals surface area contributed by atoms with Gasteiger partial charge in [-0.05, 0) is 38.7 Å². The molecule has 2 N–H and O–H groups in total. The number of carbonyl (C=O) groups excluding carboxylic acids is 1. The van der Waals surface area contributed by atoms with E-state index in [0.717, 1.165) is 25.8 Å². The van der Waals surface area contributed by atoms with Crippen molar-refractivity contribution in [2.24, 2.45) is 0 Å². The molecule has 116 valence electrons. The highest BCUT2D eigenvalue weighted by Crippen LogP contribution is 2.28. The second-order valence-electron chi connectivity index (χ2n) is 5.54. The number of piperidine rings is 1. The van der Waals surface area contributed by atoms with E-state index in [2.05, 4.69) is 10.4 Å². The molecule has 0 aromatic carbocycles. The minimum atomic E-state index is -1.09. The molecule has 7 nitrogen and oxygen atoms in total. The quantitative estimate of drug-likeness (QED) is 0.802. The summed E-state index contributed by atoms with van der Waals surface area (Å²) in [5.41, 5.74) is -1.09. The molecule has 0 saturated carbocycles. The van der Waals surface area contributed by atoms with Crippen molar-refractivity contribution in [1.29, 1.82) is 0 Å². The summed E-state index contributed by atoms with van der Waals surface area (Å²) >= 11 is 0. The van der Waals surface area contributed by atoms with Gasteiger partial charge in [-0.1, -0.05) is 0 Å². The number of aromatic nitrogens is 2. The fourth-order valence-corrected chi connectivity index (χ4v) is 2.63. The lowest BCUT2D eigenvalue weighted by atomic mass is 9.89. The summed E-state index contributed by atoms with van der Waals surface area (Å²) in [4.78, 5) is 25.1. The Morgan fingerprint density at radius 1 is 1.43 bits per heavy atom. The number of amides is 2. The molecule has 2 amide bonds. The number of carboxylic acids is 1. The summed E-state index contributed by atoms with van der Waals surface area (Å²) in [6.07, 6.45) is 6.53. The Morgan fingerprint density at radius 2 is 2.24 bits per heavy atom. The molecule has 21 heavy (non-hydrogen) atoms. The Hall–Kier alpha value is -2.05. The van der Waals surface area contributed by atoms with Gasteiger partial charge in [0.25, 0.3) is 0 Å². The molecule has 1 fully saturated rings. The minimum absolute atomic E-state index is 0.292. The number of aliphatic carboxylic acids is 1. The predicted octanol–water partition coefficient (Wildman–Crippen LogP) is 1.31. The molecule has 1 aliphatic rings. The van der Waals surface area contributed by atoms with Crippen LogP contribution in [0, 0.1) is 0 Å². The number of hydrogen-bond donors (Lipinski definition) is 2. The standard InChI is InChI=1S/C14H22N4O3/c1-14(12(19)20)6-2-3-11-18(14)13(21)15-7-4-9-17-10-5-8-16-17/h5,8,10H,2-4,6-7,9,11H2,1H3,(H,15,21)(H,19,20). The number of nitrogens with zero attached hydrogens (tertiary/aromatic N) is 3. The Labute approximate surface area is 123 Å². The third-order valence-electron chi connectivity index (χ3n) is 4.00. The molecule has 0 bridgehead atoms. The van der Waals surface area contributed by atoms with Crippen LogP contribution in [0.1, 0.15) is 32.6 Å². The van der Waals surface area contributed by atoms with Gasteiger partial charge < -0.3 is 15.3 Å². The highest BCUT2D eigenvalue weighted by Gasteiger charge is 2.43. The SMILES string of the molecule is CC1(C(=O)O)CCCCN1C(=O)NCCCn1cccn1. The lowest BCUT2D eigenvalue weighted by molar-refractivity contribution is -0.150. The van der Waals surface area contributed by atoms with Gasteiger partial charge in [-0.3, -0.25) is 4.68 Å². The van der Waals surface area contributed by atoms with Crippen LogP contribution in [0.4, 0.5) is 4.79 Å². The van der Waals surface area contributed by atoms with Gasteiger partial charge in [0.1, 0.15) is 5.54 Å². The van der Waals surface area contributed by atoms with Crippen LogP contribution in [0.5, 0.6) is 0 Å². The van der Waals surface area contributed by atoms with E-state index in [-0.39, 0.29) is 6.03 Å². The highest BCUT2D eigenvalue weighted by atomic mass is 16.4. The molecule has 1 unspecified atom stereocenters. The topological polar surface area (TPSA) is 87.5 Å². The van der Waals surface area contributed by atoms with Crippen LogP contribution in [-0.4, -0.2) is 50.4 Å². The minimum Gasteiger partial charge on any atom is -0.480 e. The smallest absolute Gasteiger partial charge is 0.329 e. The summed E-state index contributed by atoms with van der Waals surface area (Å²) in [5, 5.41) is 16.3. The van der Waals surface area contributed by atoms with Crippen molar-refractivity contribution in [1.82, 2.24) is 20.0 Å². The summed E-state index contributed by atoms with van der Waals surface area (Å²) in [7, 11) is 0. The van der Waals surface area contributed by atoms with E-state index >= 15 is 0 Å². The van der Waals surface area contributed by atoms with Crippen molar-refractivity contribution in [3.05, 3.63) is 18.5 Å². The third kappa shape index (κ3) is 3.53. The van der Waals surface area contributed by atoms with E-state index in [1.807, 2.05) is 12.3 Å². The van der Waals surface area contributed by atoms with E-state index in [0.29, 0.717) is 19.5 Å². The number of likely N-dealkylation sites (tertiary alicyclic amines) is 1. The summed E-state index contributed by atoms with van der Waals surface area (Å²) < 4.78 is 1.80. The van der Waals surface area contributed by atoms with Crippen LogP contribution in [-0.2, 0) is 11.3 Å². The Bertz CT molecular complexity index is 488. The lowest BCUT2D eigenvalue weighted by Gasteiger charge is -2.41. The molecular weight excluding hydrogens is 272 g/mol. The molecule has 1 saturated heterocycles. The number of urea groups is 1. The Kier molecular flexibility index (Phi) is 4.82. The number of hydrogen-bond acceptors (Lipinski definition) is 3. The van der Waals surface area contributed by atoms with Gasteiger partial charge >= 0.3 is 12.0 Å². The number of rotatable bonds is 5. The van der Waals surface area contributed by atoms with Crippen LogP contribution in [0.2, 0.25) is 0 Å². The zero-order valence-electron chi connectivity index (χ0n) is 12.3. The van der Waals surface area contributed by atoms with Crippen LogP contribution in [0.25, 0.3) is 0 Å². The maximum absolute atomic E-state index is 12.2. The fraction of sp³-hybridized carbons (Fsp3) is 0.643. The molecule has 1 atom stereocenters. The number of aryl methyl sites for hydroxylation is 1. The first kappa shape index (κ1) is 15.3. The maximum Gasteiger partial charge on any atom is 0.329 e. The van der Waals surface area contributed by atoms with E-state index in [1.165, 1.54) is 4.90 Å². The zero-order valence-corrected chi connectivity index (χ0v) is 12.3. The first-order chi connectivity index (χ1) is 10.0. The van der Waals surface area contributed by atoms with Gasteiger partial charge in [-0.15, -0.1) is 0 Å².